The van der Waals surface area contributed by atoms with E-state index < -0.39 is 23.1 Å². The van der Waals surface area contributed by atoms with Gasteiger partial charge in [0.15, 0.2) is 0 Å². The van der Waals surface area contributed by atoms with Gasteiger partial charge in [-0.15, -0.1) is 0 Å². The Hall–Kier alpha value is -1.65. The summed E-state index contributed by atoms with van der Waals surface area (Å²) in [6.07, 6.45) is 0. The Morgan fingerprint density at radius 3 is 1.26 bits per heavy atom. The Morgan fingerprint density at radius 1 is 0.484 bits per heavy atom. The zero-order valence-corrected chi connectivity index (χ0v) is 20.7. The summed E-state index contributed by atoms with van der Waals surface area (Å²) in [6, 6.07) is 39.8. The lowest BCUT2D eigenvalue weighted by Gasteiger charge is -2.36. The third-order valence-electron chi connectivity index (χ3n) is 4.93. The smallest absolute Gasteiger partial charge is 0.138 e. The Morgan fingerprint density at radius 2 is 0.839 bits per heavy atom. The lowest BCUT2D eigenvalue weighted by atomic mass is 10.3. The van der Waals surface area contributed by atoms with Crippen molar-refractivity contribution in [3.63, 3.8) is 0 Å². The van der Waals surface area contributed by atoms with Gasteiger partial charge in [-0.05, 0) is 12.1 Å². The molecule has 4 aromatic rings. The van der Waals surface area contributed by atoms with E-state index in [0.717, 1.165) is 22.0 Å². The molecule has 0 radical (unpaired) electrons. The molecule has 1 aliphatic rings. The third kappa shape index (κ3) is 4.09. The molecule has 154 valence electrons. The fourth-order valence-electron chi connectivity index (χ4n) is 3.53. The van der Waals surface area contributed by atoms with Gasteiger partial charge in [0, 0.05) is 15.9 Å². The predicted octanol–water partition coefficient (Wildman–Crippen LogP) is 7.70. The quantitative estimate of drug-likeness (QED) is 0.260. The summed E-state index contributed by atoms with van der Waals surface area (Å²) in [4.78, 5) is 0. The number of benzene rings is 4. The van der Waals surface area contributed by atoms with Crippen molar-refractivity contribution in [3.8, 4) is 0 Å². The Kier molecular flexibility index (Phi) is 6.47. The van der Waals surface area contributed by atoms with Gasteiger partial charge in [-0.2, -0.15) is 0 Å². The van der Waals surface area contributed by atoms with Crippen molar-refractivity contribution in [1.29, 1.82) is 0 Å². The van der Waals surface area contributed by atoms with Crippen LogP contribution >= 0.6 is 45.6 Å². The van der Waals surface area contributed by atoms with Crippen LogP contribution in [0.5, 0.6) is 0 Å². The first kappa shape index (κ1) is 21.2. The molecule has 2 unspecified atom stereocenters. The monoisotopic (exact) mass is 498 g/mol. The first-order chi connectivity index (χ1) is 15.3. The molecule has 1 heterocycles. The van der Waals surface area contributed by atoms with Gasteiger partial charge in [0.05, 0.1) is 11.4 Å². The second-order valence-corrected chi connectivity index (χ2v) is 14.2. The predicted molar refractivity (Wildman–Crippen MR) is 142 cm³/mol. The molecule has 0 saturated heterocycles. The Balaban J connectivity index is 1.68. The van der Waals surface area contributed by atoms with Crippen LogP contribution in [0.15, 0.2) is 115 Å². The minimum atomic E-state index is -1.10. The molecule has 2 atom stereocenters. The molecule has 0 aromatic heterocycles. The van der Waals surface area contributed by atoms with Gasteiger partial charge in [-0.25, -0.2) is 0 Å². The number of hydrogen-bond donors (Lipinski definition) is 0. The van der Waals surface area contributed by atoms with Crippen LogP contribution < -0.4 is 24.8 Å². The highest BCUT2D eigenvalue weighted by atomic mass is 35.7. The molecule has 2 nitrogen and oxygen atoms in total. The number of halogens is 2. The van der Waals surface area contributed by atoms with Crippen molar-refractivity contribution in [2.75, 3.05) is 8.88 Å². The van der Waals surface area contributed by atoms with Crippen LogP contribution in [-0.2, 0) is 0 Å². The van der Waals surface area contributed by atoms with E-state index in [1.54, 1.807) is 0 Å². The molecular weight excluding hydrogens is 480 g/mol. The van der Waals surface area contributed by atoms with Gasteiger partial charge in [0.1, 0.15) is 23.1 Å². The van der Waals surface area contributed by atoms with Crippen molar-refractivity contribution in [3.05, 3.63) is 115 Å². The second kappa shape index (κ2) is 9.46. The van der Waals surface area contributed by atoms with E-state index in [1.807, 2.05) is 12.1 Å². The van der Waals surface area contributed by atoms with E-state index in [4.69, 9.17) is 22.5 Å². The Labute approximate surface area is 196 Å². The number of nitrogens with zero attached hydrogens (tertiary/aromatic N) is 2. The van der Waals surface area contributed by atoms with Gasteiger partial charge in [-0.1, -0.05) is 126 Å². The fraction of sp³-hybridized carbons (Fsp3) is 0. The zero-order valence-electron chi connectivity index (χ0n) is 16.5. The maximum Gasteiger partial charge on any atom is 0.138 e. The van der Waals surface area contributed by atoms with Crippen LogP contribution in [0.2, 0.25) is 0 Å². The molecule has 5 rings (SSSR count). The van der Waals surface area contributed by atoms with Gasteiger partial charge < -0.3 is 0 Å². The van der Waals surface area contributed by atoms with Crippen molar-refractivity contribution >= 4 is 72.8 Å². The molecule has 0 spiro atoms. The van der Waals surface area contributed by atoms with Crippen LogP contribution in [0.4, 0.5) is 11.4 Å². The highest BCUT2D eigenvalue weighted by molar-refractivity contribution is 8.05. The molecule has 0 saturated carbocycles. The number of para-hydroxylation sites is 2. The summed E-state index contributed by atoms with van der Waals surface area (Å²) in [7, 11) is -3.16. The van der Waals surface area contributed by atoms with Gasteiger partial charge in [0.2, 0.25) is 0 Å². The van der Waals surface area contributed by atoms with Crippen molar-refractivity contribution in [2.24, 2.45) is 0 Å². The maximum atomic E-state index is 7.25. The first-order valence-corrected chi connectivity index (χ1v) is 15.5. The average Bonchev–Trinajstić information content (AvgIpc) is 3.20. The maximum absolute atomic E-state index is 7.25. The van der Waals surface area contributed by atoms with Crippen LogP contribution in [-0.4, -0.2) is 0 Å². The van der Waals surface area contributed by atoms with E-state index >= 15 is 0 Å². The molecule has 0 aliphatic carbocycles. The largest absolute Gasteiger partial charge is 0.289 e. The van der Waals surface area contributed by atoms with Crippen LogP contribution in [0, 0.1) is 0 Å². The molecule has 0 N–H and O–H groups in total. The summed E-state index contributed by atoms with van der Waals surface area (Å²) in [5.41, 5.74) is 2.29. The minimum absolute atomic E-state index is 0.960. The molecule has 0 fully saturated rings. The van der Waals surface area contributed by atoms with E-state index in [-0.39, 0.29) is 0 Å². The molecule has 31 heavy (non-hydrogen) atoms. The summed E-state index contributed by atoms with van der Waals surface area (Å²) >= 11 is 14.5. The van der Waals surface area contributed by atoms with Gasteiger partial charge in [-0.3, -0.25) is 8.88 Å². The number of rotatable bonds is 5. The summed E-state index contributed by atoms with van der Waals surface area (Å²) in [6.45, 7) is 0. The van der Waals surface area contributed by atoms with Crippen molar-refractivity contribution in [2.45, 2.75) is 0 Å². The first-order valence-electron chi connectivity index (χ1n) is 9.82. The molecule has 0 bridgehead atoms. The summed E-state index contributed by atoms with van der Waals surface area (Å²) in [5.74, 6) is 0. The second-order valence-electron chi connectivity index (χ2n) is 6.88. The van der Waals surface area contributed by atoms with Gasteiger partial charge in [0.25, 0.3) is 0 Å². The third-order valence-corrected chi connectivity index (χ3v) is 14.2. The topological polar surface area (TPSA) is 6.48 Å². The summed E-state index contributed by atoms with van der Waals surface area (Å²) < 4.78 is 4.82. The minimum Gasteiger partial charge on any atom is -0.289 e. The lowest BCUT2D eigenvalue weighted by Crippen LogP contribution is -2.24. The highest BCUT2D eigenvalue weighted by Crippen LogP contribution is 2.75. The highest BCUT2D eigenvalue weighted by Gasteiger charge is 2.44. The van der Waals surface area contributed by atoms with E-state index in [0.29, 0.717) is 0 Å². The van der Waals surface area contributed by atoms with Crippen LogP contribution in [0.25, 0.3) is 0 Å². The average molecular weight is 499 g/mol. The fourth-order valence-corrected chi connectivity index (χ4v) is 12.7. The van der Waals surface area contributed by atoms with Crippen LogP contribution in [0.1, 0.15) is 0 Å². The van der Waals surface area contributed by atoms with Crippen molar-refractivity contribution < 1.29 is 0 Å². The van der Waals surface area contributed by atoms with E-state index in [9.17, 15) is 0 Å². The van der Waals surface area contributed by atoms with Gasteiger partial charge >= 0.3 is 0 Å². The molecule has 4 aromatic carbocycles. The molecular formula is C24H19Cl2N2P3. The zero-order chi connectivity index (χ0) is 21.2. The van der Waals surface area contributed by atoms with E-state index in [2.05, 4.69) is 112 Å². The molecule has 0 amide bonds. The van der Waals surface area contributed by atoms with E-state index in [1.165, 1.54) is 5.30 Å². The summed E-state index contributed by atoms with van der Waals surface area (Å²) in [5, 5.41) is 3.51. The number of hydrogen-bond acceptors (Lipinski definition) is 2. The normalized spacial score (nSPS) is 17.3. The lowest BCUT2D eigenvalue weighted by molar-refractivity contribution is 1.60. The SMILES string of the molecule is ClP(c1ccccc1)N1c2ccccc2N(P(Cl)c2ccccc2)P1c1ccccc1. The number of anilines is 2. The molecule has 7 heteroatoms. The number of fused-ring (bicyclic) bond motifs is 1. The molecule has 1 aliphatic heterocycles. The van der Waals surface area contributed by atoms with Crippen molar-refractivity contribution in [1.82, 2.24) is 0 Å². The standard InChI is InChI=1S/C24H19Cl2N2P3/c25-29(20-12-4-1-5-13-20)27-23-18-10-11-19-24(23)28(30(26)21-14-6-2-7-15-21)31(27)22-16-8-3-9-17-22/h1-19H. The van der Waals surface area contributed by atoms with Crippen LogP contribution in [0.3, 0.4) is 0 Å². The Bertz CT molecular complexity index is 1080.